The van der Waals surface area contributed by atoms with Gasteiger partial charge in [0.15, 0.2) is 5.78 Å². The van der Waals surface area contributed by atoms with E-state index in [1.807, 2.05) is 39.0 Å². The number of thioether (sulfide) groups is 1. The molecule has 1 saturated carbocycles. The third-order valence-electron chi connectivity index (χ3n) is 4.81. The Morgan fingerprint density at radius 1 is 1.17 bits per heavy atom. The Morgan fingerprint density at radius 2 is 1.92 bits per heavy atom. The van der Waals surface area contributed by atoms with Crippen molar-refractivity contribution in [2.75, 3.05) is 0 Å². The highest BCUT2D eigenvalue weighted by molar-refractivity contribution is 8.00. The summed E-state index contributed by atoms with van der Waals surface area (Å²) in [7, 11) is 0. The molecule has 0 amide bonds. The van der Waals surface area contributed by atoms with Crippen molar-refractivity contribution in [1.82, 2.24) is 10.2 Å². The molecule has 128 valence electrons. The van der Waals surface area contributed by atoms with E-state index in [9.17, 15) is 4.79 Å². The van der Waals surface area contributed by atoms with Gasteiger partial charge in [-0.15, -0.1) is 10.2 Å². The van der Waals surface area contributed by atoms with Gasteiger partial charge in [-0.3, -0.25) is 4.79 Å². The number of ketones is 1. The molecule has 1 aromatic carbocycles. The molecule has 0 aliphatic heterocycles. The van der Waals surface area contributed by atoms with Crippen LogP contribution in [0.5, 0.6) is 0 Å². The van der Waals surface area contributed by atoms with Crippen LogP contribution >= 0.6 is 11.8 Å². The number of hydrogen-bond acceptors (Lipinski definition) is 5. The number of aryl methyl sites for hydroxylation is 2. The summed E-state index contributed by atoms with van der Waals surface area (Å²) >= 11 is 1.35. The number of rotatable bonds is 5. The SMILES string of the molecule is Cc1ccc(C(=O)C(C)Sc2nnc(C3CCCCC3)o2)cc1C. The average molecular weight is 344 g/mol. The summed E-state index contributed by atoms with van der Waals surface area (Å²) in [6.45, 7) is 5.97. The Bertz CT molecular complexity index is 720. The Morgan fingerprint density at radius 3 is 2.62 bits per heavy atom. The summed E-state index contributed by atoms with van der Waals surface area (Å²) in [6.07, 6.45) is 6.02. The fourth-order valence-electron chi connectivity index (χ4n) is 3.12. The topological polar surface area (TPSA) is 56.0 Å². The average Bonchev–Trinajstić information content (AvgIpc) is 3.06. The number of benzene rings is 1. The van der Waals surface area contributed by atoms with Crippen molar-refractivity contribution in [2.24, 2.45) is 0 Å². The molecular weight excluding hydrogens is 320 g/mol. The number of carbonyl (C=O) groups excluding carboxylic acids is 1. The van der Waals surface area contributed by atoms with Gasteiger partial charge in [0.25, 0.3) is 5.22 Å². The molecule has 0 bridgehead atoms. The van der Waals surface area contributed by atoms with Crippen LogP contribution in [-0.2, 0) is 0 Å². The van der Waals surface area contributed by atoms with Gasteiger partial charge in [-0.2, -0.15) is 0 Å². The maximum atomic E-state index is 12.6. The zero-order valence-corrected chi connectivity index (χ0v) is 15.4. The first-order valence-electron chi connectivity index (χ1n) is 8.66. The molecule has 1 aromatic heterocycles. The second kappa shape index (κ2) is 7.51. The molecule has 24 heavy (non-hydrogen) atoms. The van der Waals surface area contributed by atoms with E-state index in [1.54, 1.807) is 0 Å². The summed E-state index contributed by atoms with van der Waals surface area (Å²) in [6, 6.07) is 5.84. The largest absolute Gasteiger partial charge is 0.416 e. The molecule has 5 heteroatoms. The van der Waals surface area contributed by atoms with Gasteiger partial charge in [-0.25, -0.2) is 0 Å². The highest BCUT2D eigenvalue weighted by atomic mass is 32.2. The van der Waals surface area contributed by atoms with Crippen molar-refractivity contribution < 1.29 is 9.21 Å². The number of carbonyl (C=O) groups is 1. The molecule has 0 radical (unpaired) electrons. The van der Waals surface area contributed by atoms with Gasteiger partial charge in [0, 0.05) is 11.5 Å². The van der Waals surface area contributed by atoms with Crippen LogP contribution in [0.3, 0.4) is 0 Å². The molecule has 1 atom stereocenters. The molecule has 0 N–H and O–H groups in total. The summed E-state index contributed by atoms with van der Waals surface area (Å²) in [4.78, 5) is 12.6. The van der Waals surface area contributed by atoms with E-state index in [1.165, 1.54) is 36.6 Å². The third kappa shape index (κ3) is 3.89. The lowest BCUT2D eigenvalue weighted by Gasteiger charge is -2.17. The third-order valence-corrected chi connectivity index (χ3v) is 5.75. The van der Waals surface area contributed by atoms with E-state index in [4.69, 9.17) is 4.42 Å². The molecule has 1 fully saturated rings. The normalized spacial score (nSPS) is 17.0. The van der Waals surface area contributed by atoms with Crippen molar-refractivity contribution in [3.05, 3.63) is 40.8 Å². The Kier molecular flexibility index (Phi) is 5.39. The molecule has 0 spiro atoms. The van der Waals surface area contributed by atoms with Gasteiger partial charge >= 0.3 is 0 Å². The maximum absolute atomic E-state index is 12.6. The molecule has 1 heterocycles. The first-order valence-corrected chi connectivity index (χ1v) is 9.54. The van der Waals surface area contributed by atoms with Crippen LogP contribution < -0.4 is 0 Å². The van der Waals surface area contributed by atoms with Gasteiger partial charge in [-0.05, 0) is 50.8 Å². The lowest BCUT2D eigenvalue weighted by atomic mass is 9.89. The molecule has 0 saturated heterocycles. The van der Waals surface area contributed by atoms with Crippen LogP contribution in [-0.4, -0.2) is 21.2 Å². The molecule has 1 aliphatic carbocycles. The molecule has 2 aromatic rings. The quantitative estimate of drug-likeness (QED) is 0.558. The van der Waals surface area contributed by atoms with Gasteiger partial charge in [0.2, 0.25) is 5.89 Å². The van der Waals surface area contributed by atoms with Crippen LogP contribution in [0.4, 0.5) is 0 Å². The van der Waals surface area contributed by atoms with Crippen molar-refractivity contribution in [3.63, 3.8) is 0 Å². The second-order valence-electron chi connectivity index (χ2n) is 6.66. The monoisotopic (exact) mass is 344 g/mol. The first-order chi connectivity index (χ1) is 11.5. The zero-order chi connectivity index (χ0) is 17.1. The smallest absolute Gasteiger partial charge is 0.277 e. The Hall–Kier alpha value is -1.62. The fourth-order valence-corrected chi connectivity index (χ4v) is 3.88. The van der Waals surface area contributed by atoms with Crippen LogP contribution in [0.2, 0.25) is 0 Å². The van der Waals surface area contributed by atoms with Gasteiger partial charge in [0.1, 0.15) is 0 Å². The highest BCUT2D eigenvalue weighted by Gasteiger charge is 2.24. The fraction of sp³-hybridized carbons (Fsp3) is 0.526. The van der Waals surface area contributed by atoms with Crippen LogP contribution in [0.15, 0.2) is 27.8 Å². The predicted octanol–water partition coefficient (Wildman–Crippen LogP) is 5.10. The van der Waals surface area contributed by atoms with Crippen LogP contribution in [0.25, 0.3) is 0 Å². The Labute approximate surface area is 147 Å². The van der Waals surface area contributed by atoms with Crippen molar-refractivity contribution >= 4 is 17.5 Å². The van der Waals surface area contributed by atoms with Crippen molar-refractivity contribution in [1.29, 1.82) is 0 Å². The summed E-state index contributed by atoms with van der Waals surface area (Å²) in [5.74, 6) is 1.23. The highest BCUT2D eigenvalue weighted by Crippen LogP contribution is 2.34. The number of Topliss-reactive ketones (excluding diaryl/α,β-unsaturated/α-hetero) is 1. The van der Waals surface area contributed by atoms with Gasteiger partial charge in [0.05, 0.1) is 5.25 Å². The van der Waals surface area contributed by atoms with E-state index >= 15 is 0 Å². The molecule has 1 aliphatic rings. The van der Waals surface area contributed by atoms with Crippen molar-refractivity contribution in [3.8, 4) is 0 Å². The summed E-state index contributed by atoms with van der Waals surface area (Å²) < 4.78 is 5.81. The minimum Gasteiger partial charge on any atom is -0.416 e. The molecule has 1 unspecified atom stereocenters. The van der Waals surface area contributed by atoms with E-state index in [-0.39, 0.29) is 11.0 Å². The van der Waals surface area contributed by atoms with Crippen LogP contribution in [0.1, 0.15) is 72.3 Å². The number of hydrogen-bond donors (Lipinski definition) is 0. The van der Waals surface area contributed by atoms with E-state index < -0.39 is 0 Å². The van der Waals surface area contributed by atoms with Crippen LogP contribution in [0, 0.1) is 13.8 Å². The first kappa shape index (κ1) is 17.2. The lowest BCUT2D eigenvalue weighted by Crippen LogP contribution is -2.13. The zero-order valence-electron chi connectivity index (χ0n) is 14.5. The maximum Gasteiger partial charge on any atom is 0.277 e. The Balaban J connectivity index is 1.65. The minimum atomic E-state index is -0.244. The van der Waals surface area contributed by atoms with E-state index in [0.717, 1.165) is 29.9 Å². The number of nitrogens with zero attached hydrogens (tertiary/aromatic N) is 2. The van der Waals surface area contributed by atoms with Crippen molar-refractivity contribution in [2.45, 2.75) is 69.3 Å². The lowest BCUT2D eigenvalue weighted by molar-refractivity contribution is 0.0993. The minimum absolute atomic E-state index is 0.0977. The molecular formula is C19H24N2O2S. The molecule has 3 rings (SSSR count). The standard InChI is InChI=1S/C19H24N2O2S/c1-12-9-10-16(11-13(12)2)17(22)14(3)24-19-21-20-18(23-19)15-7-5-4-6-8-15/h9-11,14-15H,4-8H2,1-3H3. The molecule has 4 nitrogen and oxygen atoms in total. The van der Waals surface area contributed by atoms with E-state index in [0.29, 0.717) is 11.1 Å². The summed E-state index contributed by atoms with van der Waals surface area (Å²) in [5.41, 5.74) is 3.07. The van der Waals surface area contributed by atoms with E-state index in [2.05, 4.69) is 10.2 Å². The van der Waals surface area contributed by atoms with Gasteiger partial charge in [-0.1, -0.05) is 43.2 Å². The number of aromatic nitrogens is 2. The predicted molar refractivity (Wildman–Crippen MR) is 95.7 cm³/mol. The second-order valence-corrected chi connectivity index (χ2v) is 7.96. The van der Waals surface area contributed by atoms with Gasteiger partial charge < -0.3 is 4.42 Å². The summed E-state index contributed by atoms with van der Waals surface area (Å²) in [5, 5.41) is 8.59.